The van der Waals surface area contributed by atoms with E-state index in [0.29, 0.717) is 13.0 Å². The standard InChI is InChI=1S/C14H15N3O3S/c1-2-20-14(19)13-17-11(9-21-13)12(18)16-7-5-10-4-3-6-15-8-10/h3-4,6,8-9H,2,5,7H2,1H3,(H,16,18). The fourth-order valence-corrected chi connectivity index (χ4v) is 2.31. The molecule has 21 heavy (non-hydrogen) atoms. The molecular weight excluding hydrogens is 290 g/mol. The molecule has 0 bridgehead atoms. The van der Waals surface area contributed by atoms with E-state index in [0.717, 1.165) is 16.9 Å². The summed E-state index contributed by atoms with van der Waals surface area (Å²) >= 11 is 1.10. The van der Waals surface area contributed by atoms with Crippen molar-refractivity contribution in [2.75, 3.05) is 13.2 Å². The molecule has 0 saturated heterocycles. The van der Waals surface area contributed by atoms with Crippen molar-refractivity contribution >= 4 is 23.2 Å². The molecule has 0 radical (unpaired) electrons. The van der Waals surface area contributed by atoms with Gasteiger partial charge in [-0.05, 0) is 25.0 Å². The van der Waals surface area contributed by atoms with E-state index in [2.05, 4.69) is 15.3 Å². The molecule has 2 aromatic heterocycles. The number of nitrogens with zero attached hydrogens (tertiary/aromatic N) is 2. The van der Waals surface area contributed by atoms with Gasteiger partial charge < -0.3 is 10.1 Å². The predicted octanol–water partition coefficient (Wildman–Crippen LogP) is 1.69. The number of nitrogens with one attached hydrogen (secondary N) is 1. The third kappa shape index (κ3) is 4.35. The molecule has 0 unspecified atom stereocenters. The fraction of sp³-hybridized carbons (Fsp3) is 0.286. The van der Waals surface area contributed by atoms with E-state index in [1.54, 1.807) is 24.7 Å². The molecule has 0 aliphatic carbocycles. The third-order valence-electron chi connectivity index (χ3n) is 2.61. The maximum Gasteiger partial charge on any atom is 0.367 e. The van der Waals surface area contributed by atoms with Gasteiger partial charge in [-0.3, -0.25) is 9.78 Å². The molecule has 0 aliphatic rings. The molecule has 2 aromatic rings. The smallest absolute Gasteiger partial charge is 0.367 e. The SMILES string of the molecule is CCOC(=O)c1nc(C(=O)NCCc2cccnc2)cs1. The Morgan fingerprint density at radius 1 is 1.43 bits per heavy atom. The largest absolute Gasteiger partial charge is 0.461 e. The van der Waals surface area contributed by atoms with E-state index in [4.69, 9.17) is 4.74 Å². The van der Waals surface area contributed by atoms with Crippen LogP contribution >= 0.6 is 11.3 Å². The number of carbonyl (C=O) groups is 2. The van der Waals surface area contributed by atoms with E-state index in [-0.39, 0.29) is 23.2 Å². The van der Waals surface area contributed by atoms with Crippen molar-refractivity contribution in [2.24, 2.45) is 0 Å². The van der Waals surface area contributed by atoms with E-state index < -0.39 is 5.97 Å². The van der Waals surface area contributed by atoms with Crippen molar-refractivity contribution in [3.05, 3.63) is 46.2 Å². The minimum Gasteiger partial charge on any atom is -0.461 e. The minimum absolute atomic E-state index is 0.189. The van der Waals surface area contributed by atoms with Gasteiger partial charge in [0.15, 0.2) is 0 Å². The van der Waals surface area contributed by atoms with E-state index in [1.807, 2.05) is 12.1 Å². The van der Waals surface area contributed by atoms with Crippen molar-refractivity contribution in [2.45, 2.75) is 13.3 Å². The van der Waals surface area contributed by atoms with Crippen molar-refractivity contribution in [3.8, 4) is 0 Å². The van der Waals surface area contributed by atoms with Crippen molar-refractivity contribution in [3.63, 3.8) is 0 Å². The topological polar surface area (TPSA) is 81.2 Å². The molecule has 1 N–H and O–H groups in total. The summed E-state index contributed by atoms with van der Waals surface area (Å²) < 4.78 is 4.83. The maximum absolute atomic E-state index is 11.9. The first kappa shape index (κ1) is 15.1. The zero-order valence-corrected chi connectivity index (χ0v) is 12.4. The highest BCUT2D eigenvalue weighted by Gasteiger charge is 2.15. The number of amides is 1. The average molecular weight is 305 g/mol. The van der Waals surface area contributed by atoms with Gasteiger partial charge in [-0.25, -0.2) is 9.78 Å². The summed E-state index contributed by atoms with van der Waals surface area (Å²) in [6, 6.07) is 3.80. The van der Waals surface area contributed by atoms with Crippen LogP contribution in [0.2, 0.25) is 0 Å². The number of rotatable bonds is 6. The monoisotopic (exact) mass is 305 g/mol. The molecule has 0 fully saturated rings. The van der Waals surface area contributed by atoms with Crippen LogP contribution in [0.3, 0.4) is 0 Å². The quantitative estimate of drug-likeness (QED) is 0.821. The highest BCUT2D eigenvalue weighted by atomic mass is 32.1. The lowest BCUT2D eigenvalue weighted by Gasteiger charge is -2.03. The van der Waals surface area contributed by atoms with Gasteiger partial charge in [0.2, 0.25) is 5.01 Å². The van der Waals surface area contributed by atoms with Crippen LogP contribution in [0.1, 0.15) is 32.8 Å². The summed E-state index contributed by atoms with van der Waals surface area (Å²) in [5, 5.41) is 4.49. The molecular formula is C14H15N3O3S. The van der Waals surface area contributed by atoms with E-state index >= 15 is 0 Å². The van der Waals surface area contributed by atoms with Gasteiger partial charge in [0.25, 0.3) is 5.91 Å². The number of carbonyl (C=O) groups excluding carboxylic acids is 2. The number of hydrogen-bond donors (Lipinski definition) is 1. The van der Waals surface area contributed by atoms with Gasteiger partial charge in [0.05, 0.1) is 6.61 Å². The average Bonchev–Trinajstić information content (AvgIpc) is 2.98. The van der Waals surface area contributed by atoms with E-state index in [9.17, 15) is 9.59 Å². The van der Waals surface area contributed by atoms with Crippen LogP contribution in [0.25, 0.3) is 0 Å². The van der Waals surface area contributed by atoms with E-state index in [1.165, 1.54) is 0 Å². The number of ether oxygens (including phenoxy) is 1. The molecule has 6 nitrogen and oxygen atoms in total. The first-order valence-corrected chi connectivity index (χ1v) is 7.38. The lowest BCUT2D eigenvalue weighted by Crippen LogP contribution is -2.26. The molecule has 110 valence electrons. The van der Waals surface area contributed by atoms with Crippen molar-refractivity contribution in [1.82, 2.24) is 15.3 Å². The first-order valence-electron chi connectivity index (χ1n) is 6.50. The van der Waals surface area contributed by atoms with Gasteiger partial charge in [0.1, 0.15) is 5.69 Å². The predicted molar refractivity (Wildman–Crippen MR) is 78.3 cm³/mol. The Morgan fingerprint density at radius 2 is 2.29 bits per heavy atom. The molecule has 0 atom stereocenters. The summed E-state index contributed by atoms with van der Waals surface area (Å²) in [5.41, 5.74) is 1.28. The Bertz CT molecular complexity index is 613. The highest BCUT2D eigenvalue weighted by Crippen LogP contribution is 2.11. The van der Waals surface area contributed by atoms with Crippen LogP contribution in [0, 0.1) is 0 Å². The number of aromatic nitrogens is 2. The number of esters is 1. The summed E-state index contributed by atoms with van der Waals surface area (Å²) in [7, 11) is 0. The second-order valence-electron chi connectivity index (χ2n) is 4.13. The number of pyridine rings is 1. The van der Waals surface area contributed by atoms with Crippen LogP contribution in [0.4, 0.5) is 0 Å². The van der Waals surface area contributed by atoms with Gasteiger partial charge in [-0.15, -0.1) is 11.3 Å². The lowest BCUT2D eigenvalue weighted by atomic mass is 10.2. The molecule has 7 heteroatoms. The molecule has 0 aromatic carbocycles. The number of thiazole rings is 1. The lowest BCUT2D eigenvalue weighted by molar-refractivity contribution is 0.0526. The zero-order valence-electron chi connectivity index (χ0n) is 11.5. The first-order chi connectivity index (χ1) is 10.2. The Labute approximate surface area is 126 Å². The van der Waals surface area contributed by atoms with Crippen LogP contribution in [0.5, 0.6) is 0 Å². The maximum atomic E-state index is 11.9. The van der Waals surface area contributed by atoms with Crippen LogP contribution in [-0.2, 0) is 11.2 Å². The summed E-state index contributed by atoms with van der Waals surface area (Å²) in [5.74, 6) is -0.803. The number of hydrogen-bond acceptors (Lipinski definition) is 6. The Kier molecular flexibility index (Phi) is 5.39. The van der Waals surface area contributed by atoms with Crippen molar-refractivity contribution < 1.29 is 14.3 Å². The molecule has 2 heterocycles. The minimum atomic E-state index is -0.503. The molecule has 2 rings (SSSR count). The van der Waals surface area contributed by atoms with Gasteiger partial charge >= 0.3 is 5.97 Å². The second kappa shape index (κ2) is 7.49. The van der Waals surface area contributed by atoms with Crippen LogP contribution in [0.15, 0.2) is 29.9 Å². The molecule has 0 aliphatic heterocycles. The second-order valence-corrected chi connectivity index (χ2v) is 4.98. The Morgan fingerprint density at radius 3 is 3.00 bits per heavy atom. The van der Waals surface area contributed by atoms with Gasteiger partial charge in [-0.2, -0.15) is 0 Å². The summed E-state index contributed by atoms with van der Waals surface area (Å²) in [6.45, 7) is 2.49. The normalized spacial score (nSPS) is 10.1. The third-order valence-corrected chi connectivity index (χ3v) is 3.43. The summed E-state index contributed by atoms with van der Waals surface area (Å²) in [6.07, 6.45) is 4.15. The van der Waals surface area contributed by atoms with Gasteiger partial charge in [0, 0.05) is 24.3 Å². The molecule has 0 saturated carbocycles. The molecule has 1 amide bonds. The fourth-order valence-electron chi connectivity index (χ4n) is 1.62. The zero-order chi connectivity index (χ0) is 15.1. The van der Waals surface area contributed by atoms with Gasteiger partial charge in [-0.1, -0.05) is 6.07 Å². The Hall–Kier alpha value is -2.28. The highest BCUT2D eigenvalue weighted by molar-refractivity contribution is 7.11. The molecule has 0 spiro atoms. The van der Waals surface area contributed by atoms with Crippen LogP contribution in [-0.4, -0.2) is 35.0 Å². The Balaban J connectivity index is 1.85. The summed E-state index contributed by atoms with van der Waals surface area (Å²) in [4.78, 5) is 31.3. The van der Waals surface area contributed by atoms with Crippen LogP contribution < -0.4 is 5.32 Å². The van der Waals surface area contributed by atoms with Crippen molar-refractivity contribution in [1.29, 1.82) is 0 Å².